The summed E-state index contributed by atoms with van der Waals surface area (Å²) in [5, 5.41) is 8.83. The number of hydrogen-bond acceptors (Lipinski definition) is 4. The van der Waals surface area contributed by atoms with Crippen LogP contribution in [0.1, 0.15) is 23.9 Å². The molecule has 0 radical (unpaired) electrons. The fourth-order valence-electron chi connectivity index (χ4n) is 1.54. The van der Waals surface area contributed by atoms with Crippen LogP contribution >= 0.6 is 0 Å². The lowest BCUT2D eigenvalue weighted by Gasteiger charge is -2.05. The third-order valence-electron chi connectivity index (χ3n) is 2.49. The van der Waals surface area contributed by atoms with Crippen molar-refractivity contribution < 1.29 is 4.74 Å². The Hall–Kier alpha value is -2.41. The Morgan fingerprint density at radius 1 is 1.22 bits per heavy atom. The fourth-order valence-corrected chi connectivity index (χ4v) is 1.54. The minimum atomic E-state index is 0.204. The molecule has 0 aliphatic heterocycles. The number of nitrogens with zero attached hydrogens (tertiary/aromatic N) is 3. The van der Waals surface area contributed by atoms with Gasteiger partial charge in [-0.1, -0.05) is 19.1 Å². The molecule has 0 spiro atoms. The van der Waals surface area contributed by atoms with E-state index in [0.29, 0.717) is 17.1 Å². The monoisotopic (exact) mass is 239 g/mol. The zero-order chi connectivity index (χ0) is 13.0. The molecule has 0 atom stereocenters. The van der Waals surface area contributed by atoms with Gasteiger partial charge in [0.2, 0.25) is 0 Å². The molecule has 0 saturated heterocycles. The van der Waals surface area contributed by atoms with Crippen molar-refractivity contribution in [3.05, 3.63) is 47.3 Å². The molecule has 0 bridgehead atoms. The normalized spacial score (nSPS) is 9.83. The standard InChI is InChI=1S/C14H13N3O/c1-3-11-4-6-13(7-5-11)18-14-16-10(2)8-12(9-15)17-14/h4-8H,3H2,1-2H3. The van der Waals surface area contributed by atoms with Crippen molar-refractivity contribution in [3.63, 3.8) is 0 Å². The van der Waals surface area contributed by atoms with Crippen molar-refractivity contribution in [1.82, 2.24) is 9.97 Å². The van der Waals surface area contributed by atoms with E-state index in [-0.39, 0.29) is 6.01 Å². The smallest absolute Gasteiger partial charge is 0.323 e. The fraction of sp³-hybridized carbons (Fsp3) is 0.214. The highest BCUT2D eigenvalue weighted by atomic mass is 16.5. The van der Waals surface area contributed by atoms with Crippen molar-refractivity contribution in [1.29, 1.82) is 5.26 Å². The van der Waals surface area contributed by atoms with Gasteiger partial charge in [0.15, 0.2) is 0 Å². The highest BCUT2D eigenvalue weighted by Crippen LogP contribution is 2.19. The maximum Gasteiger partial charge on any atom is 0.323 e. The van der Waals surface area contributed by atoms with E-state index in [9.17, 15) is 0 Å². The molecular formula is C14H13N3O. The summed E-state index contributed by atoms with van der Waals surface area (Å²) in [6.45, 7) is 3.90. The molecule has 0 unspecified atom stereocenters. The number of aryl methyl sites for hydroxylation is 2. The van der Waals surface area contributed by atoms with Gasteiger partial charge in [0.1, 0.15) is 17.5 Å². The van der Waals surface area contributed by atoms with E-state index < -0.39 is 0 Å². The van der Waals surface area contributed by atoms with E-state index in [0.717, 1.165) is 6.42 Å². The van der Waals surface area contributed by atoms with Gasteiger partial charge >= 0.3 is 6.01 Å². The zero-order valence-electron chi connectivity index (χ0n) is 10.3. The van der Waals surface area contributed by atoms with Gasteiger partial charge in [-0.05, 0) is 37.1 Å². The van der Waals surface area contributed by atoms with Gasteiger partial charge in [-0.2, -0.15) is 10.2 Å². The first-order chi connectivity index (χ1) is 8.71. The SMILES string of the molecule is CCc1ccc(Oc2nc(C)cc(C#N)n2)cc1. The first-order valence-corrected chi connectivity index (χ1v) is 5.74. The molecule has 90 valence electrons. The molecule has 0 fully saturated rings. The van der Waals surface area contributed by atoms with Crippen LogP contribution in [0.5, 0.6) is 11.8 Å². The summed E-state index contributed by atoms with van der Waals surface area (Å²) in [5.74, 6) is 0.668. The molecule has 2 rings (SSSR count). The molecular weight excluding hydrogens is 226 g/mol. The second-order valence-electron chi connectivity index (χ2n) is 3.89. The first kappa shape index (κ1) is 12.1. The minimum absolute atomic E-state index is 0.204. The van der Waals surface area contributed by atoms with Gasteiger partial charge in [0.25, 0.3) is 0 Å². The molecule has 0 saturated carbocycles. The Morgan fingerprint density at radius 2 is 1.94 bits per heavy atom. The van der Waals surface area contributed by atoms with Crippen molar-refractivity contribution in [3.8, 4) is 17.8 Å². The van der Waals surface area contributed by atoms with Gasteiger partial charge < -0.3 is 4.74 Å². The molecule has 2 aromatic rings. The molecule has 1 aromatic carbocycles. The minimum Gasteiger partial charge on any atom is -0.424 e. The molecule has 18 heavy (non-hydrogen) atoms. The predicted octanol–water partition coefficient (Wildman–Crippen LogP) is 3.01. The van der Waals surface area contributed by atoms with E-state index in [1.54, 1.807) is 13.0 Å². The summed E-state index contributed by atoms with van der Waals surface area (Å²) in [7, 11) is 0. The Balaban J connectivity index is 2.22. The number of ether oxygens (including phenoxy) is 1. The number of rotatable bonds is 3. The van der Waals surface area contributed by atoms with Gasteiger partial charge in [-0.3, -0.25) is 0 Å². The summed E-state index contributed by atoms with van der Waals surface area (Å²) in [6, 6.07) is 11.5. The number of aromatic nitrogens is 2. The Kier molecular flexibility index (Phi) is 3.54. The maximum atomic E-state index is 8.83. The van der Waals surface area contributed by atoms with Gasteiger partial charge in [0.05, 0.1) is 0 Å². The maximum absolute atomic E-state index is 8.83. The third-order valence-corrected chi connectivity index (χ3v) is 2.49. The number of benzene rings is 1. The molecule has 4 nitrogen and oxygen atoms in total. The van der Waals surface area contributed by atoms with E-state index >= 15 is 0 Å². The van der Waals surface area contributed by atoms with Gasteiger partial charge in [-0.15, -0.1) is 0 Å². The predicted molar refractivity (Wildman–Crippen MR) is 67.4 cm³/mol. The van der Waals surface area contributed by atoms with Crippen molar-refractivity contribution in [2.45, 2.75) is 20.3 Å². The van der Waals surface area contributed by atoms with Crippen molar-refractivity contribution in [2.24, 2.45) is 0 Å². The second-order valence-corrected chi connectivity index (χ2v) is 3.89. The van der Waals surface area contributed by atoms with Crippen LogP contribution < -0.4 is 4.74 Å². The molecule has 0 N–H and O–H groups in total. The van der Waals surface area contributed by atoms with E-state index in [2.05, 4.69) is 16.9 Å². The summed E-state index contributed by atoms with van der Waals surface area (Å²) in [5.41, 5.74) is 2.26. The second kappa shape index (κ2) is 5.28. The highest BCUT2D eigenvalue weighted by molar-refractivity contribution is 5.30. The molecule has 0 amide bonds. The molecule has 1 heterocycles. The first-order valence-electron chi connectivity index (χ1n) is 5.74. The van der Waals surface area contributed by atoms with Crippen LogP contribution in [-0.4, -0.2) is 9.97 Å². The molecule has 0 aliphatic rings. The largest absolute Gasteiger partial charge is 0.424 e. The van der Waals surface area contributed by atoms with E-state index in [1.807, 2.05) is 30.3 Å². The number of nitriles is 1. The van der Waals surface area contributed by atoms with Crippen LogP contribution in [0.15, 0.2) is 30.3 Å². The molecule has 0 aliphatic carbocycles. The van der Waals surface area contributed by atoms with Crippen LogP contribution in [0.3, 0.4) is 0 Å². The van der Waals surface area contributed by atoms with Crippen molar-refractivity contribution in [2.75, 3.05) is 0 Å². The highest BCUT2D eigenvalue weighted by Gasteiger charge is 2.04. The molecule has 4 heteroatoms. The van der Waals surface area contributed by atoms with Gasteiger partial charge in [-0.25, -0.2) is 4.98 Å². The van der Waals surface area contributed by atoms with Crippen LogP contribution in [-0.2, 0) is 6.42 Å². The molecule has 1 aromatic heterocycles. The lowest BCUT2D eigenvalue weighted by atomic mass is 10.2. The lowest BCUT2D eigenvalue weighted by Crippen LogP contribution is -1.96. The topological polar surface area (TPSA) is 58.8 Å². The summed E-state index contributed by atoms with van der Waals surface area (Å²) >= 11 is 0. The Labute approximate surface area is 106 Å². The summed E-state index contributed by atoms with van der Waals surface area (Å²) in [6.07, 6.45) is 0.986. The Bertz CT molecular complexity index is 585. The van der Waals surface area contributed by atoms with E-state index in [1.165, 1.54) is 5.56 Å². The average Bonchev–Trinajstić information content (AvgIpc) is 2.39. The van der Waals surface area contributed by atoms with Crippen LogP contribution in [0, 0.1) is 18.3 Å². The average molecular weight is 239 g/mol. The summed E-state index contributed by atoms with van der Waals surface area (Å²) in [4.78, 5) is 8.13. The quantitative estimate of drug-likeness (QED) is 0.826. The Morgan fingerprint density at radius 3 is 2.56 bits per heavy atom. The number of hydrogen-bond donors (Lipinski definition) is 0. The van der Waals surface area contributed by atoms with Crippen molar-refractivity contribution >= 4 is 0 Å². The van der Waals surface area contributed by atoms with Crippen LogP contribution in [0.25, 0.3) is 0 Å². The van der Waals surface area contributed by atoms with E-state index in [4.69, 9.17) is 10.00 Å². The zero-order valence-corrected chi connectivity index (χ0v) is 10.3. The van der Waals surface area contributed by atoms with Crippen LogP contribution in [0.4, 0.5) is 0 Å². The third kappa shape index (κ3) is 2.83. The van der Waals surface area contributed by atoms with Crippen LogP contribution in [0.2, 0.25) is 0 Å². The van der Waals surface area contributed by atoms with Gasteiger partial charge in [0, 0.05) is 5.69 Å². The lowest BCUT2D eigenvalue weighted by molar-refractivity contribution is 0.439. The summed E-state index contributed by atoms with van der Waals surface area (Å²) < 4.78 is 5.53.